The van der Waals surface area contributed by atoms with Gasteiger partial charge >= 0.3 is 0 Å². The van der Waals surface area contributed by atoms with Crippen molar-refractivity contribution < 1.29 is 14.4 Å². The number of allylic oxidation sites excluding steroid dienone is 1. The summed E-state index contributed by atoms with van der Waals surface area (Å²) in [5.41, 5.74) is 2.96. The third-order valence-electron chi connectivity index (χ3n) is 4.13. The summed E-state index contributed by atoms with van der Waals surface area (Å²) in [6, 6.07) is 5.29. The molecule has 0 aliphatic carbocycles. The Morgan fingerprint density at radius 2 is 2.15 bits per heavy atom. The molecular formula is C19H19N3O3S. The first-order valence-corrected chi connectivity index (χ1v) is 9.24. The van der Waals surface area contributed by atoms with Crippen molar-refractivity contribution in [1.82, 2.24) is 4.98 Å². The van der Waals surface area contributed by atoms with Gasteiger partial charge in [0.2, 0.25) is 11.8 Å². The number of benzene rings is 1. The number of anilines is 2. The van der Waals surface area contributed by atoms with Gasteiger partial charge in [-0.25, -0.2) is 4.98 Å². The number of amides is 2. The van der Waals surface area contributed by atoms with Crippen LogP contribution in [0.2, 0.25) is 0 Å². The number of ketones is 1. The molecule has 6 nitrogen and oxygen atoms in total. The first-order valence-electron chi connectivity index (χ1n) is 8.36. The molecule has 0 atom stereocenters. The first kappa shape index (κ1) is 18.0. The lowest BCUT2D eigenvalue weighted by molar-refractivity contribution is -0.117. The van der Waals surface area contributed by atoms with Gasteiger partial charge in [-0.2, -0.15) is 0 Å². The molecule has 0 unspecified atom stereocenters. The van der Waals surface area contributed by atoms with Gasteiger partial charge in [-0.15, -0.1) is 11.3 Å². The van der Waals surface area contributed by atoms with E-state index in [0.29, 0.717) is 35.8 Å². The van der Waals surface area contributed by atoms with E-state index >= 15 is 0 Å². The van der Waals surface area contributed by atoms with Gasteiger partial charge in [-0.3, -0.25) is 19.3 Å². The molecule has 7 heteroatoms. The van der Waals surface area contributed by atoms with Crippen LogP contribution in [0.25, 0.3) is 6.08 Å². The molecule has 1 aromatic heterocycles. The van der Waals surface area contributed by atoms with Gasteiger partial charge < -0.3 is 5.32 Å². The zero-order chi connectivity index (χ0) is 18.7. The fourth-order valence-corrected chi connectivity index (χ4v) is 3.66. The summed E-state index contributed by atoms with van der Waals surface area (Å²) >= 11 is 1.37. The average Bonchev–Trinajstić information content (AvgIpc) is 3.08. The second-order valence-corrected chi connectivity index (χ2v) is 6.77. The Kier molecular flexibility index (Phi) is 5.27. The van der Waals surface area contributed by atoms with Crippen LogP contribution in [-0.2, 0) is 16.0 Å². The van der Waals surface area contributed by atoms with E-state index in [1.54, 1.807) is 23.1 Å². The number of nitrogens with one attached hydrogen (secondary N) is 1. The molecule has 2 amide bonds. The number of carbonyl (C=O) groups is 3. The highest BCUT2D eigenvalue weighted by atomic mass is 32.1. The van der Waals surface area contributed by atoms with Crippen LogP contribution >= 0.6 is 11.3 Å². The Bertz CT molecular complexity index is 901. The van der Waals surface area contributed by atoms with Gasteiger partial charge in [-0.05, 0) is 49.3 Å². The Labute approximate surface area is 155 Å². The molecule has 1 N–H and O–H groups in total. The van der Waals surface area contributed by atoms with Gasteiger partial charge in [0.1, 0.15) is 0 Å². The molecule has 1 aliphatic heterocycles. The Hall–Kier alpha value is -2.80. The van der Waals surface area contributed by atoms with Crippen molar-refractivity contribution in [3.8, 4) is 0 Å². The third-order valence-corrected chi connectivity index (χ3v) is 5.01. The molecule has 134 valence electrons. The zero-order valence-electron chi connectivity index (χ0n) is 14.6. The number of fused-ring (bicyclic) bond motifs is 1. The molecule has 26 heavy (non-hydrogen) atoms. The number of nitrogens with zero attached hydrogens (tertiary/aromatic N) is 2. The van der Waals surface area contributed by atoms with E-state index < -0.39 is 0 Å². The molecule has 0 fully saturated rings. The lowest BCUT2D eigenvalue weighted by atomic mass is 9.98. The van der Waals surface area contributed by atoms with Gasteiger partial charge in [0.05, 0.1) is 5.69 Å². The van der Waals surface area contributed by atoms with Crippen LogP contribution in [-0.4, -0.2) is 29.1 Å². The van der Waals surface area contributed by atoms with E-state index in [-0.39, 0.29) is 17.6 Å². The van der Waals surface area contributed by atoms with Gasteiger partial charge in [0.25, 0.3) is 0 Å². The first-order chi connectivity index (χ1) is 12.5. The molecular weight excluding hydrogens is 350 g/mol. The summed E-state index contributed by atoms with van der Waals surface area (Å²) in [4.78, 5) is 41.3. The normalized spacial score (nSPS) is 13.4. The Balaban J connectivity index is 1.73. The van der Waals surface area contributed by atoms with Crippen molar-refractivity contribution >= 4 is 45.8 Å². The van der Waals surface area contributed by atoms with E-state index in [0.717, 1.165) is 11.3 Å². The highest BCUT2D eigenvalue weighted by Crippen LogP contribution is 2.24. The molecule has 2 heterocycles. The van der Waals surface area contributed by atoms with Crippen molar-refractivity contribution in [2.24, 2.45) is 0 Å². The molecule has 0 saturated heterocycles. The van der Waals surface area contributed by atoms with Crippen molar-refractivity contribution in [2.45, 2.75) is 26.7 Å². The molecule has 0 bridgehead atoms. The van der Waals surface area contributed by atoms with Crippen LogP contribution in [0.1, 0.15) is 41.9 Å². The minimum atomic E-state index is -0.127. The minimum Gasteiger partial charge on any atom is -0.326 e. The number of carbonyl (C=O) groups excluding carboxylic acids is 3. The molecule has 3 rings (SSSR count). The summed E-state index contributed by atoms with van der Waals surface area (Å²) in [5.74, 6) is -0.185. The standard InChI is InChI=1S/C19H19N3O3S/c1-3-22(12(2)23)19-20-15(11-26-19)6-8-17(24)14-4-7-16-13(10-14)5-9-18(25)21-16/h4,6-8,10-11H,3,5,9H2,1-2H3,(H,21,25). The highest BCUT2D eigenvalue weighted by Gasteiger charge is 2.16. The smallest absolute Gasteiger partial charge is 0.225 e. The number of hydrogen-bond acceptors (Lipinski definition) is 5. The van der Waals surface area contributed by atoms with Crippen LogP contribution in [0.5, 0.6) is 0 Å². The Morgan fingerprint density at radius 3 is 2.88 bits per heavy atom. The van der Waals surface area contributed by atoms with Crippen LogP contribution in [0.3, 0.4) is 0 Å². The molecule has 0 spiro atoms. The second kappa shape index (κ2) is 7.61. The SMILES string of the molecule is CCN(C(C)=O)c1nc(C=CC(=O)c2ccc3c(c2)CCC(=O)N3)cs1. The molecule has 0 saturated carbocycles. The van der Waals surface area contributed by atoms with Gasteiger partial charge in [0, 0.05) is 36.5 Å². The van der Waals surface area contributed by atoms with Crippen molar-refractivity contribution in [1.29, 1.82) is 0 Å². The maximum atomic E-state index is 12.4. The fraction of sp³-hybridized carbons (Fsp3) is 0.263. The number of aryl methyl sites for hydroxylation is 1. The summed E-state index contributed by atoms with van der Waals surface area (Å²) in [5, 5.41) is 5.24. The number of aromatic nitrogens is 1. The van der Waals surface area contributed by atoms with Crippen molar-refractivity contribution in [3.05, 3.63) is 46.5 Å². The lowest BCUT2D eigenvalue weighted by Crippen LogP contribution is -2.27. The molecule has 1 aromatic carbocycles. The molecule has 1 aliphatic rings. The molecule has 0 radical (unpaired) electrons. The zero-order valence-corrected chi connectivity index (χ0v) is 15.4. The topological polar surface area (TPSA) is 79.4 Å². The van der Waals surface area contributed by atoms with E-state index in [2.05, 4.69) is 10.3 Å². The predicted octanol–water partition coefficient (Wildman–Crippen LogP) is 3.30. The molecule has 2 aromatic rings. The summed E-state index contributed by atoms with van der Waals surface area (Å²) in [7, 11) is 0. The number of rotatable bonds is 5. The lowest BCUT2D eigenvalue weighted by Gasteiger charge is -2.16. The fourth-order valence-electron chi connectivity index (χ4n) is 2.76. The quantitative estimate of drug-likeness (QED) is 0.648. The number of hydrogen-bond donors (Lipinski definition) is 1. The monoisotopic (exact) mass is 369 g/mol. The van der Waals surface area contributed by atoms with Crippen molar-refractivity contribution in [3.63, 3.8) is 0 Å². The van der Waals surface area contributed by atoms with Gasteiger partial charge in [-0.1, -0.05) is 0 Å². The largest absolute Gasteiger partial charge is 0.326 e. The highest BCUT2D eigenvalue weighted by molar-refractivity contribution is 7.14. The van der Waals surface area contributed by atoms with E-state index in [9.17, 15) is 14.4 Å². The van der Waals surface area contributed by atoms with Gasteiger partial charge in [0.15, 0.2) is 10.9 Å². The summed E-state index contributed by atoms with van der Waals surface area (Å²) in [6.07, 6.45) is 4.20. The summed E-state index contributed by atoms with van der Waals surface area (Å²) < 4.78 is 0. The minimum absolute atomic E-state index is 0.00231. The second-order valence-electron chi connectivity index (χ2n) is 5.94. The van der Waals surface area contributed by atoms with Crippen LogP contribution < -0.4 is 10.2 Å². The summed E-state index contributed by atoms with van der Waals surface area (Å²) in [6.45, 7) is 3.94. The predicted molar refractivity (Wildman–Crippen MR) is 103 cm³/mol. The average molecular weight is 369 g/mol. The van der Waals surface area contributed by atoms with E-state index in [1.807, 2.05) is 18.4 Å². The third kappa shape index (κ3) is 3.88. The van der Waals surface area contributed by atoms with E-state index in [1.165, 1.54) is 24.3 Å². The number of thiazole rings is 1. The van der Waals surface area contributed by atoms with Crippen LogP contribution in [0.15, 0.2) is 29.7 Å². The van der Waals surface area contributed by atoms with Crippen LogP contribution in [0.4, 0.5) is 10.8 Å². The van der Waals surface area contributed by atoms with E-state index in [4.69, 9.17) is 0 Å². The van der Waals surface area contributed by atoms with Crippen molar-refractivity contribution in [2.75, 3.05) is 16.8 Å². The maximum Gasteiger partial charge on any atom is 0.225 e. The maximum absolute atomic E-state index is 12.4. The van der Waals surface area contributed by atoms with Crippen LogP contribution in [0, 0.1) is 0 Å². The Morgan fingerprint density at radius 1 is 1.35 bits per heavy atom.